The van der Waals surface area contributed by atoms with E-state index in [1.54, 1.807) is 12.0 Å². The number of carboxylic acids is 1. The Morgan fingerprint density at radius 2 is 1.72 bits per heavy atom. The van der Waals surface area contributed by atoms with Crippen LogP contribution in [0.4, 0.5) is 0 Å². The molecule has 1 amide bonds. The zero-order valence-corrected chi connectivity index (χ0v) is 15.6. The number of carbonyl (C=O) groups is 2. The Hall–Kier alpha value is -0.706. The van der Waals surface area contributed by atoms with Crippen LogP contribution in [0.15, 0.2) is 0 Å². The standard InChI is InChI=1S/C13H27NO5Si2.4CH4/c1-18-21(4,5)19-20(2,3)8-6-7-14-10-11(13(16)17)9-12(14)15;;;;/h11H,6-10H2,1-5H3,(H,16,17);4*1H4. The lowest BCUT2D eigenvalue weighted by atomic mass is 10.1. The topological polar surface area (TPSA) is 76.1 Å². The molecule has 1 rings (SSSR count). The molecule has 1 aliphatic heterocycles. The van der Waals surface area contributed by atoms with Crippen molar-refractivity contribution >= 4 is 28.8 Å². The number of carbonyl (C=O) groups excluding carboxylic acids is 1. The maximum absolute atomic E-state index is 11.7. The molecule has 6 nitrogen and oxygen atoms in total. The van der Waals surface area contributed by atoms with Crippen LogP contribution in [0.5, 0.6) is 0 Å². The first-order chi connectivity index (χ1) is 9.56. The smallest absolute Gasteiger partial charge is 0.321 e. The van der Waals surface area contributed by atoms with Gasteiger partial charge in [0.15, 0.2) is 8.32 Å². The fourth-order valence-electron chi connectivity index (χ4n) is 2.61. The minimum atomic E-state index is -2.03. The predicted molar refractivity (Wildman–Crippen MR) is 112 cm³/mol. The maximum atomic E-state index is 11.7. The number of rotatable bonds is 8. The maximum Gasteiger partial charge on any atom is 0.321 e. The van der Waals surface area contributed by atoms with Gasteiger partial charge in [0.25, 0.3) is 0 Å². The van der Waals surface area contributed by atoms with Crippen LogP contribution in [0.2, 0.25) is 32.2 Å². The Balaban J connectivity index is -0.000000551. The van der Waals surface area contributed by atoms with Crippen LogP contribution < -0.4 is 0 Å². The van der Waals surface area contributed by atoms with Crippen molar-refractivity contribution in [1.29, 1.82) is 0 Å². The molecule has 25 heavy (non-hydrogen) atoms. The minimum absolute atomic E-state index is 0. The molecule has 1 N–H and O–H groups in total. The summed E-state index contributed by atoms with van der Waals surface area (Å²) in [5.74, 6) is -1.47. The summed E-state index contributed by atoms with van der Waals surface area (Å²) in [5, 5.41) is 8.96. The molecule has 1 fully saturated rings. The highest BCUT2D eigenvalue weighted by molar-refractivity contribution is 6.82. The van der Waals surface area contributed by atoms with E-state index >= 15 is 0 Å². The fourth-order valence-corrected chi connectivity index (χ4v) is 9.68. The number of hydrogen-bond acceptors (Lipinski definition) is 4. The number of carboxylic acid groups (broad SMARTS) is 1. The fraction of sp³-hybridized carbons (Fsp3) is 0.882. The van der Waals surface area contributed by atoms with Gasteiger partial charge < -0.3 is 18.5 Å². The summed E-state index contributed by atoms with van der Waals surface area (Å²) < 4.78 is 11.6. The summed E-state index contributed by atoms with van der Waals surface area (Å²) in [6.45, 7) is 9.35. The van der Waals surface area contributed by atoms with Gasteiger partial charge in [0.2, 0.25) is 5.91 Å². The van der Waals surface area contributed by atoms with Gasteiger partial charge in [0.05, 0.1) is 5.92 Å². The van der Waals surface area contributed by atoms with E-state index in [-0.39, 0.29) is 42.0 Å². The van der Waals surface area contributed by atoms with Gasteiger partial charge in [0, 0.05) is 26.6 Å². The average molecular weight is 398 g/mol. The highest BCUT2D eigenvalue weighted by Gasteiger charge is 2.36. The zero-order chi connectivity index (χ0) is 16.3. The molecule has 0 aromatic heterocycles. The molecule has 1 aliphatic rings. The Morgan fingerprint density at radius 1 is 1.20 bits per heavy atom. The van der Waals surface area contributed by atoms with Gasteiger partial charge in [-0.2, -0.15) is 0 Å². The third-order valence-electron chi connectivity index (χ3n) is 3.78. The van der Waals surface area contributed by atoms with Crippen molar-refractivity contribution in [1.82, 2.24) is 4.90 Å². The molecule has 0 aliphatic carbocycles. The third kappa shape index (κ3) is 10.8. The third-order valence-corrected chi connectivity index (χ3v) is 10.5. The Bertz CT molecular complexity index is 402. The van der Waals surface area contributed by atoms with Crippen molar-refractivity contribution in [3.63, 3.8) is 0 Å². The van der Waals surface area contributed by atoms with Crippen LogP contribution in [0, 0.1) is 5.92 Å². The first kappa shape index (κ1) is 32.0. The lowest BCUT2D eigenvalue weighted by molar-refractivity contribution is -0.141. The second-order valence-electron chi connectivity index (χ2n) is 6.65. The van der Waals surface area contributed by atoms with Crippen molar-refractivity contribution in [2.45, 2.75) is 74.8 Å². The summed E-state index contributed by atoms with van der Waals surface area (Å²) in [4.78, 5) is 24.3. The quantitative estimate of drug-likeness (QED) is 0.613. The van der Waals surface area contributed by atoms with Gasteiger partial charge in [0.1, 0.15) is 0 Å². The van der Waals surface area contributed by atoms with E-state index in [1.807, 2.05) is 13.1 Å². The number of aliphatic carboxylic acids is 1. The minimum Gasteiger partial charge on any atom is -0.481 e. The van der Waals surface area contributed by atoms with E-state index in [9.17, 15) is 9.59 Å². The van der Waals surface area contributed by atoms with Crippen LogP contribution >= 0.6 is 0 Å². The number of amides is 1. The van der Waals surface area contributed by atoms with E-state index in [4.69, 9.17) is 13.6 Å². The first-order valence-corrected chi connectivity index (χ1v) is 13.3. The Morgan fingerprint density at radius 3 is 2.12 bits per heavy atom. The second kappa shape index (κ2) is 12.6. The van der Waals surface area contributed by atoms with E-state index in [0.717, 1.165) is 12.5 Å². The van der Waals surface area contributed by atoms with Gasteiger partial charge in [-0.3, -0.25) is 9.59 Å². The molecule has 1 heterocycles. The summed E-state index contributed by atoms with van der Waals surface area (Å²) in [5.41, 5.74) is 0. The molecule has 0 aromatic carbocycles. The number of nitrogens with zero attached hydrogens (tertiary/aromatic N) is 1. The monoisotopic (exact) mass is 397 g/mol. The largest absolute Gasteiger partial charge is 0.481 e. The highest BCUT2D eigenvalue weighted by Crippen LogP contribution is 2.22. The first-order valence-electron chi connectivity index (χ1n) is 7.32. The molecule has 0 bridgehead atoms. The Labute approximate surface area is 158 Å². The van der Waals surface area contributed by atoms with Gasteiger partial charge in [-0.1, -0.05) is 29.7 Å². The predicted octanol–water partition coefficient (Wildman–Crippen LogP) is 4.42. The van der Waals surface area contributed by atoms with Gasteiger partial charge >= 0.3 is 14.5 Å². The Kier molecular flexibility index (Phi) is 16.2. The molecular weight excluding hydrogens is 354 g/mol. The lowest BCUT2D eigenvalue weighted by Gasteiger charge is -2.32. The zero-order valence-electron chi connectivity index (χ0n) is 13.6. The molecule has 8 heteroatoms. The summed E-state index contributed by atoms with van der Waals surface area (Å²) in [6, 6.07) is 0.939. The lowest BCUT2D eigenvalue weighted by Crippen LogP contribution is -2.46. The van der Waals surface area contributed by atoms with Gasteiger partial charge in [-0.25, -0.2) is 0 Å². The van der Waals surface area contributed by atoms with Crippen molar-refractivity contribution in [3.05, 3.63) is 0 Å². The molecule has 1 atom stereocenters. The van der Waals surface area contributed by atoms with Crippen molar-refractivity contribution in [2.24, 2.45) is 5.92 Å². The van der Waals surface area contributed by atoms with Gasteiger partial charge in [-0.05, 0) is 38.7 Å². The van der Waals surface area contributed by atoms with Crippen LogP contribution in [0.1, 0.15) is 42.5 Å². The molecule has 0 spiro atoms. The van der Waals surface area contributed by atoms with Crippen molar-refractivity contribution in [2.75, 3.05) is 20.2 Å². The van der Waals surface area contributed by atoms with Crippen LogP contribution in [-0.2, 0) is 18.1 Å². The van der Waals surface area contributed by atoms with Crippen LogP contribution in [-0.4, -0.2) is 59.0 Å². The van der Waals surface area contributed by atoms with Crippen LogP contribution in [0.3, 0.4) is 0 Å². The van der Waals surface area contributed by atoms with E-state index in [1.165, 1.54) is 0 Å². The normalized spacial score (nSPS) is 16.9. The molecule has 0 radical (unpaired) electrons. The molecule has 1 saturated heterocycles. The number of hydrogen-bond donors (Lipinski definition) is 1. The SMILES string of the molecule is C.C.C.C.CO[Si](C)(C)O[Si](C)(C)CCCN1CC(C(=O)O)CC1=O. The summed E-state index contributed by atoms with van der Waals surface area (Å²) in [6.07, 6.45) is 0.988. The average Bonchev–Trinajstić information content (AvgIpc) is 2.70. The molecule has 1 unspecified atom stereocenters. The van der Waals surface area contributed by atoms with Gasteiger partial charge in [-0.15, -0.1) is 0 Å². The molecule has 0 aromatic rings. The molecular formula is C17H43NO5Si2. The summed E-state index contributed by atoms with van der Waals surface area (Å²) in [7, 11) is -2.15. The van der Waals surface area contributed by atoms with E-state index in [0.29, 0.717) is 13.1 Å². The van der Waals surface area contributed by atoms with Crippen LogP contribution in [0.25, 0.3) is 0 Å². The molecule has 0 saturated carbocycles. The number of likely N-dealkylation sites (tertiary alicyclic amines) is 1. The highest BCUT2D eigenvalue weighted by atomic mass is 28.4. The van der Waals surface area contributed by atoms with E-state index < -0.39 is 28.8 Å². The molecule has 154 valence electrons. The second-order valence-corrected chi connectivity index (χ2v) is 14.7. The van der Waals surface area contributed by atoms with Crippen molar-refractivity contribution < 1.29 is 23.2 Å². The van der Waals surface area contributed by atoms with E-state index in [2.05, 4.69) is 13.1 Å². The summed E-state index contributed by atoms with van der Waals surface area (Å²) >= 11 is 0. The van der Waals surface area contributed by atoms with Crippen molar-refractivity contribution in [3.8, 4) is 0 Å².